The zero-order valence-corrected chi connectivity index (χ0v) is 16.5. The second kappa shape index (κ2) is 10.5. The molecular weight excluding hydrogens is 320 g/mol. The van der Waals surface area contributed by atoms with Crippen molar-refractivity contribution in [2.75, 3.05) is 6.61 Å². The van der Waals surface area contributed by atoms with Crippen molar-refractivity contribution in [3.8, 4) is 0 Å². The predicted octanol–water partition coefficient (Wildman–Crippen LogP) is 5.95. The van der Waals surface area contributed by atoms with E-state index >= 15 is 0 Å². The lowest BCUT2D eigenvalue weighted by Crippen LogP contribution is -2.32. The van der Waals surface area contributed by atoms with Crippen LogP contribution in [0.4, 0.5) is 0 Å². The van der Waals surface area contributed by atoms with Gasteiger partial charge in [-0.1, -0.05) is 87.4 Å². The number of aliphatic hydroxyl groups is 1. The first-order chi connectivity index (χ1) is 12.5. The Morgan fingerprint density at radius 3 is 2.12 bits per heavy atom. The minimum Gasteiger partial charge on any atom is -0.396 e. The van der Waals surface area contributed by atoms with Gasteiger partial charge in [-0.15, -0.1) is 0 Å². The van der Waals surface area contributed by atoms with E-state index < -0.39 is 0 Å². The Morgan fingerprint density at radius 1 is 0.923 bits per heavy atom. The lowest BCUT2D eigenvalue weighted by Gasteiger charge is -2.35. The Labute approximate surface area is 159 Å². The molecule has 0 aliphatic heterocycles. The largest absolute Gasteiger partial charge is 0.396 e. The van der Waals surface area contributed by atoms with Crippen molar-refractivity contribution in [1.82, 2.24) is 0 Å². The molecule has 142 valence electrons. The molecule has 0 saturated heterocycles. The van der Waals surface area contributed by atoms with Gasteiger partial charge in [0.05, 0.1) is 11.7 Å². The Kier molecular flexibility index (Phi) is 8.34. The summed E-state index contributed by atoms with van der Waals surface area (Å²) < 4.78 is 6.69. The monoisotopic (exact) mass is 354 g/mol. The molecule has 0 bridgehead atoms. The van der Waals surface area contributed by atoms with Crippen molar-refractivity contribution in [2.24, 2.45) is 5.92 Å². The normalized spacial score (nSPS) is 15.0. The first-order valence-corrected chi connectivity index (χ1v) is 9.90. The molecule has 0 aromatic heterocycles. The fraction of sp³-hybridized carbons (Fsp3) is 0.500. The molecular formula is C24H34O2. The van der Waals surface area contributed by atoms with Gasteiger partial charge < -0.3 is 9.84 Å². The van der Waals surface area contributed by atoms with Crippen molar-refractivity contribution in [3.63, 3.8) is 0 Å². The third-order valence-electron chi connectivity index (χ3n) is 4.99. The molecule has 0 saturated carbocycles. The Hall–Kier alpha value is -1.64. The summed E-state index contributed by atoms with van der Waals surface area (Å²) in [6.07, 6.45) is 4.80. The van der Waals surface area contributed by atoms with Crippen molar-refractivity contribution in [1.29, 1.82) is 0 Å². The van der Waals surface area contributed by atoms with Gasteiger partial charge in [-0.25, -0.2) is 0 Å². The fourth-order valence-electron chi connectivity index (χ4n) is 3.43. The summed E-state index contributed by atoms with van der Waals surface area (Å²) in [6, 6.07) is 21.0. The summed E-state index contributed by atoms with van der Waals surface area (Å²) in [5, 5.41) is 9.60. The molecule has 1 N–H and O–H groups in total. The van der Waals surface area contributed by atoms with Crippen molar-refractivity contribution >= 4 is 0 Å². The van der Waals surface area contributed by atoms with E-state index in [4.69, 9.17) is 4.74 Å². The van der Waals surface area contributed by atoms with Crippen LogP contribution in [0.25, 0.3) is 0 Å². The van der Waals surface area contributed by atoms with Gasteiger partial charge in [-0.05, 0) is 36.8 Å². The average Bonchev–Trinajstić information content (AvgIpc) is 2.63. The molecule has 0 amide bonds. The lowest BCUT2D eigenvalue weighted by molar-refractivity contribution is -0.101. The van der Waals surface area contributed by atoms with E-state index in [0.29, 0.717) is 12.3 Å². The Bertz CT molecular complexity index is 609. The maximum absolute atomic E-state index is 9.60. The van der Waals surface area contributed by atoms with Crippen LogP contribution in [0.1, 0.15) is 63.7 Å². The van der Waals surface area contributed by atoms with Crippen LogP contribution in [0.5, 0.6) is 0 Å². The third-order valence-corrected chi connectivity index (χ3v) is 4.99. The van der Waals surface area contributed by atoms with Gasteiger partial charge in [0.15, 0.2) is 0 Å². The highest BCUT2D eigenvalue weighted by molar-refractivity contribution is 5.22. The molecule has 2 aromatic rings. The highest BCUT2D eigenvalue weighted by atomic mass is 16.5. The van der Waals surface area contributed by atoms with Crippen LogP contribution >= 0.6 is 0 Å². The Balaban J connectivity index is 2.16. The van der Waals surface area contributed by atoms with Gasteiger partial charge in [0.2, 0.25) is 0 Å². The van der Waals surface area contributed by atoms with E-state index in [1.165, 1.54) is 17.5 Å². The molecule has 2 rings (SSSR count). The lowest BCUT2D eigenvalue weighted by atomic mass is 9.91. The van der Waals surface area contributed by atoms with Gasteiger partial charge in [-0.3, -0.25) is 0 Å². The van der Waals surface area contributed by atoms with E-state index in [2.05, 4.69) is 69.3 Å². The topological polar surface area (TPSA) is 29.5 Å². The standard InChI is InChI=1S/C24H34O2/c1-20(2)11-10-16-24(3,17-18-25)26-23(22-14-8-5-9-15-22)19-21-12-6-4-7-13-21/h4-9,12-15,20,23,25H,10-11,16-19H2,1-3H3/t23-,24-/m1/s1. The van der Waals surface area contributed by atoms with E-state index in [1.807, 2.05) is 12.1 Å². The molecule has 0 heterocycles. The maximum Gasteiger partial charge on any atom is 0.0872 e. The second-order valence-corrected chi connectivity index (χ2v) is 7.92. The molecule has 0 aliphatic rings. The van der Waals surface area contributed by atoms with Crippen molar-refractivity contribution in [3.05, 3.63) is 71.8 Å². The summed E-state index contributed by atoms with van der Waals surface area (Å²) >= 11 is 0. The Morgan fingerprint density at radius 2 is 1.54 bits per heavy atom. The molecule has 2 atom stereocenters. The van der Waals surface area contributed by atoms with E-state index in [1.54, 1.807) is 0 Å². The summed E-state index contributed by atoms with van der Waals surface area (Å²) in [7, 11) is 0. The van der Waals surface area contributed by atoms with Gasteiger partial charge >= 0.3 is 0 Å². The molecule has 0 unspecified atom stereocenters. The maximum atomic E-state index is 9.60. The number of hydrogen-bond acceptors (Lipinski definition) is 2. The smallest absolute Gasteiger partial charge is 0.0872 e. The number of benzene rings is 2. The first kappa shape index (κ1) is 20.7. The molecule has 2 nitrogen and oxygen atoms in total. The number of rotatable bonds is 11. The van der Waals surface area contributed by atoms with Crippen LogP contribution in [0, 0.1) is 5.92 Å². The van der Waals surface area contributed by atoms with Crippen LogP contribution in [0.3, 0.4) is 0 Å². The predicted molar refractivity (Wildman–Crippen MR) is 109 cm³/mol. The highest BCUT2D eigenvalue weighted by Gasteiger charge is 2.29. The molecule has 2 aromatic carbocycles. The molecule has 26 heavy (non-hydrogen) atoms. The minimum atomic E-state index is -0.307. The summed E-state index contributed by atoms with van der Waals surface area (Å²) in [4.78, 5) is 0. The second-order valence-electron chi connectivity index (χ2n) is 7.92. The summed E-state index contributed by atoms with van der Waals surface area (Å²) in [6.45, 7) is 6.83. The molecule has 0 aliphatic carbocycles. The average molecular weight is 355 g/mol. The number of aliphatic hydroxyl groups excluding tert-OH is 1. The highest BCUT2D eigenvalue weighted by Crippen LogP contribution is 2.33. The molecule has 0 fully saturated rings. The van der Waals surface area contributed by atoms with Crippen LogP contribution in [0.15, 0.2) is 60.7 Å². The summed E-state index contributed by atoms with van der Waals surface area (Å²) in [5.74, 6) is 0.697. The van der Waals surface area contributed by atoms with Crippen LogP contribution in [0.2, 0.25) is 0 Å². The van der Waals surface area contributed by atoms with E-state index in [-0.39, 0.29) is 18.3 Å². The fourth-order valence-corrected chi connectivity index (χ4v) is 3.43. The van der Waals surface area contributed by atoms with Crippen molar-refractivity contribution in [2.45, 2.75) is 64.6 Å². The van der Waals surface area contributed by atoms with Gasteiger partial charge in [0.1, 0.15) is 0 Å². The zero-order chi connectivity index (χ0) is 18.8. The quantitative estimate of drug-likeness (QED) is 0.540. The molecule has 0 spiro atoms. The van der Waals surface area contributed by atoms with Gasteiger partial charge in [0.25, 0.3) is 0 Å². The number of ether oxygens (including phenoxy) is 1. The van der Waals surface area contributed by atoms with E-state index in [9.17, 15) is 5.11 Å². The van der Waals surface area contributed by atoms with Crippen LogP contribution in [-0.2, 0) is 11.2 Å². The van der Waals surface area contributed by atoms with Crippen LogP contribution in [-0.4, -0.2) is 17.3 Å². The molecule has 2 heteroatoms. The van der Waals surface area contributed by atoms with Gasteiger partial charge in [0, 0.05) is 13.0 Å². The molecule has 0 radical (unpaired) electrons. The summed E-state index contributed by atoms with van der Waals surface area (Å²) in [5.41, 5.74) is 2.16. The van der Waals surface area contributed by atoms with Crippen molar-refractivity contribution < 1.29 is 9.84 Å². The van der Waals surface area contributed by atoms with Gasteiger partial charge in [-0.2, -0.15) is 0 Å². The third kappa shape index (κ3) is 6.93. The first-order valence-electron chi connectivity index (χ1n) is 9.90. The SMILES string of the molecule is CC(C)CCC[C@](C)(CCO)O[C@H](Cc1ccccc1)c1ccccc1. The zero-order valence-electron chi connectivity index (χ0n) is 16.5. The number of hydrogen-bond donors (Lipinski definition) is 1. The minimum absolute atomic E-state index is 0.00537. The van der Waals surface area contributed by atoms with Crippen LogP contribution < -0.4 is 0 Å². The van der Waals surface area contributed by atoms with E-state index in [0.717, 1.165) is 19.3 Å².